The third-order valence-electron chi connectivity index (χ3n) is 7.53. The minimum atomic E-state index is -0.324. The van der Waals surface area contributed by atoms with E-state index in [9.17, 15) is 10.0 Å². The van der Waals surface area contributed by atoms with Crippen LogP contribution in [0.3, 0.4) is 0 Å². The van der Waals surface area contributed by atoms with Crippen LogP contribution in [0.15, 0.2) is 60.8 Å². The summed E-state index contributed by atoms with van der Waals surface area (Å²) in [6, 6.07) is 19.5. The molecule has 33 heavy (non-hydrogen) atoms. The van der Waals surface area contributed by atoms with E-state index in [1.165, 1.54) is 43.2 Å². The Kier molecular flexibility index (Phi) is 6.58. The van der Waals surface area contributed by atoms with Gasteiger partial charge in [-0.15, -0.1) is 0 Å². The van der Waals surface area contributed by atoms with Crippen LogP contribution >= 0.6 is 0 Å². The van der Waals surface area contributed by atoms with E-state index >= 15 is 0 Å². The summed E-state index contributed by atoms with van der Waals surface area (Å²) in [7, 11) is 0. The zero-order valence-corrected chi connectivity index (χ0v) is 19.1. The lowest BCUT2D eigenvalue weighted by molar-refractivity contribution is -0.129. The molecule has 172 valence electrons. The van der Waals surface area contributed by atoms with Gasteiger partial charge >= 0.3 is 0 Å². The molecule has 1 amide bonds. The van der Waals surface area contributed by atoms with Crippen molar-refractivity contribution in [2.24, 2.45) is 5.92 Å². The van der Waals surface area contributed by atoms with Crippen molar-refractivity contribution in [2.45, 2.75) is 69.7 Å². The summed E-state index contributed by atoms with van der Waals surface area (Å²) in [5.74, 6) is 1.35. The standard InChI is InChI=1S/C28H33N3O2/c32-27(30-33)18-24(17-20-7-4-5-8-20)28-29-26(19-31(28)25-11-6-12-25)23-15-13-22(14-16-23)21-9-2-1-3-10-21/h1-3,9-10,13-16,19-20,24-25,33H,4-8,11-12,17-18H2,(H,30,32)/t24-/m1/s1. The Morgan fingerprint density at radius 2 is 1.61 bits per heavy atom. The summed E-state index contributed by atoms with van der Waals surface area (Å²) in [6.45, 7) is 0. The zero-order valence-electron chi connectivity index (χ0n) is 19.1. The Morgan fingerprint density at radius 3 is 2.24 bits per heavy atom. The molecule has 2 N–H and O–H groups in total. The van der Waals surface area contributed by atoms with Gasteiger partial charge in [-0.1, -0.05) is 80.3 Å². The maximum atomic E-state index is 12.2. The molecule has 2 aliphatic carbocycles. The molecule has 0 bridgehead atoms. The first-order valence-electron chi connectivity index (χ1n) is 12.4. The summed E-state index contributed by atoms with van der Waals surface area (Å²) in [6.07, 6.45) is 12.0. The molecule has 0 aliphatic heterocycles. The van der Waals surface area contributed by atoms with Crippen LogP contribution in [0.5, 0.6) is 0 Å². The predicted octanol–water partition coefficient (Wildman–Crippen LogP) is 6.50. The second-order valence-corrected chi connectivity index (χ2v) is 9.74. The van der Waals surface area contributed by atoms with Gasteiger partial charge in [-0.05, 0) is 42.7 Å². The predicted molar refractivity (Wildman–Crippen MR) is 130 cm³/mol. The fraction of sp³-hybridized carbons (Fsp3) is 0.429. The quantitative estimate of drug-likeness (QED) is 0.308. The molecule has 5 rings (SSSR count). The van der Waals surface area contributed by atoms with Gasteiger partial charge in [0.25, 0.3) is 0 Å². The highest BCUT2D eigenvalue weighted by Gasteiger charge is 2.31. The number of carbonyl (C=O) groups excluding carboxylic acids is 1. The Balaban J connectivity index is 1.46. The molecule has 2 saturated carbocycles. The van der Waals surface area contributed by atoms with Gasteiger partial charge in [0.05, 0.1) is 5.69 Å². The second-order valence-electron chi connectivity index (χ2n) is 9.74. The number of benzene rings is 2. The molecule has 5 nitrogen and oxygen atoms in total. The molecule has 1 aromatic heterocycles. The fourth-order valence-corrected chi connectivity index (χ4v) is 5.47. The third-order valence-corrected chi connectivity index (χ3v) is 7.53. The van der Waals surface area contributed by atoms with Gasteiger partial charge in [0.1, 0.15) is 5.82 Å². The maximum absolute atomic E-state index is 12.2. The molecule has 3 aromatic rings. The summed E-state index contributed by atoms with van der Waals surface area (Å²) >= 11 is 0. The summed E-state index contributed by atoms with van der Waals surface area (Å²) < 4.78 is 2.34. The maximum Gasteiger partial charge on any atom is 0.244 e. The van der Waals surface area contributed by atoms with E-state index in [0.717, 1.165) is 36.3 Å². The van der Waals surface area contributed by atoms with Crippen molar-refractivity contribution in [3.8, 4) is 22.4 Å². The van der Waals surface area contributed by atoms with Crippen LogP contribution in [-0.4, -0.2) is 20.7 Å². The lowest BCUT2D eigenvalue weighted by atomic mass is 9.88. The van der Waals surface area contributed by atoms with Crippen molar-refractivity contribution in [3.63, 3.8) is 0 Å². The molecule has 0 radical (unpaired) electrons. The number of hydrogen-bond donors (Lipinski definition) is 2. The van der Waals surface area contributed by atoms with Crippen LogP contribution in [0.1, 0.15) is 75.6 Å². The minimum absolute atomic E-state index is 0.0261. The van der Waals surface area contributed by atoms with Gasteiger partial charge in [-0.2, -0.15) is 0 Å². The number of rotatable bonds is 8. The molecule has 2 aliphatic rings. The molecule has 2 fully saturated rings. The monoisotopic (exact) mass is 443 g/mol. The average molecular weight is 444 g/mol. The van der Waals surface area contributed by atoms with Crippen LogP contribution in [0.25, 0.3) is 22.4 Å². The average Bonchev–Trinajstić information content (AvgIpc) is 3.48. The number of amides is 1. The summed E-state index contributed by atoms with van der Waals surface area (Å²) in [5.41, 5.74) is 6.31. The largest absolute Gasteiger partial charge is 0.331 e. The molecule has 0 spiro atoms. The normalized spacial score (nSPS) is 17.6. The highest BCUT2D eigenvalue weighted by atomic mass is 16.5. The Labute approximate surface area is 195 Å². The smallest absolute Gasteiger partial charge is 0.244 e. The number of aromatic nitrogens is 2. The number of carbonyl (C=O) groups is 1. The van der Waals surface area contributed by atoms with Crippen LogP contribution in [-0.2, 0) is 4.79 Å². The molecule has 1 heterocycles. The molecular formula is C28H33N3O2. The van der Waals surface area contributed by atoms with Crippen LogP contribution < -0.4 is 5.48 Å². The molecular weight excluding hydrogens is 410 g/mol. The van der Waals surface area contributed by atoms with E-state index < -0.39 is 0 Å². The number of nitrogens with zero attached hydrogens (tertiary/aromatic N) is 2. The van der Waals surface area contributed by atoms with Gasteiger partial charge in [-0.25, -0.2) is 10.5 Å². The third kappa shape index (κ3) is 4.88. The highest BCUT2D eigenvalue weighted by molar-refractivity contribution is 5.75. The van der Waals surface area contributed by atoms with Crippen molar-refractivity contribution >= 4 is 5.91 Å². The summed E-state index contributed by atoms with van der Waals surface area (Å²) in [5, 5.41) is 9.20. The van der Waals surface area contributed by atoms with Gasteiger partial charge in [0.15, 0.2) is 0 Å². The first-order valence-corrected chi connectivity index (χ1v) is 12.4. The Morgan fingerprint density at radius 1 is 0.939 bits per heavy atom. The SMILES string of the molecule is O=C(C[C@@H](CC1CCCC1)c1nc(-c2ccc(-c3ccccc3)cc2)cn1C1CCC1)NO. The number of hydroxylamine groups is 1. The fourth-order valence-electron chi connectivity index (χ4n) is 5.47. The molecule has 0 saturated heterocycles. The Hall–Kier alpha value is -2.92. The van der Waals surface area contributed by atoms with Gasteiger partial charge in [0.2, 0.25) is 5.91 Å². The first-order chi connectivity index (χ1) is 16.2. The number of hydrogen-bond acceptors (Lipinski definition) is 3. The molecule has 5 heteroatoms. The lowest BCUT2D eigenvalue weighted by Crippen LogP contribution is -2.26. The van der Waals surface area contributed by atoms with E-state index in [-0.39, 0.29) is 18.2 Å². The highest BCUT2D eigenvalue weighted by Crippen LogP contribution is 2.40. The minimum Gasteiger partial charge on any atom is -0.331 e. The first kappa shape index (κ1) is 21.9. The van der Waals surface area contributed by atoms with E-state index in [0.29, 0.717) is 12.0 Å². The Bertz CT molecular complexity index is 1060. The van der Waals surface area contributed by atoms with E-state index in [4.69, 9.17) is 4.98 Å². The molecule has 0 unspecified atom stereocenters. The van der Waals surface area contributed by atoms with Crippen LogP contribution in [0, 0.1) is 5.92 Å². The van der Waals surface area contributed by atoms with Gasteiger partial charge in [-0.3, -0.25) is 10.0 Å². The van der Waals surface area contributed by atoms with Crippen LogP contribution in [0.2, 0.25) is 0 Å². The second kappa shape index (κ2) is 9.92. The van der Waals surface area contributed by atoms with Crippen LogP contribution in [0.4, 0.5) is 0 Å². The zero-order chi connectivity index (χ0) is 22.6. The molecule has 1 atom stereocenters. The lowest BCUT2D eigenvalue weighted by Gasteiger charge is -2.30. The van der Waals surface area contributed by atoms with E-state index in [2.05, 4.69) is 59.3 Å². The van der Waals surface area contributed by atoms with Crippen molar-refractivity contribution in [3.05, 3.63) is 66.6 Å². The molecule has 2 aromatic carbocycles. The van der Waals surface area contributed by atoms with Gasteiger partial charge < -0.3 is 4.57 Å². The number of imidazole rings is 1. The summed E-state index contributed by atoms with van der Waals surface area (Å²) in [4.78, 5) is 17.3. The van der Waals surface area contributed by atoms with Gasteiger partial charge in [0, 0.05) is 30.1 Å². The van der Waals surface area contributed by atoms with Crippen molar-refractivity contribution < 1.29 is 10.0 Å². The topological polar surface area (TPSA) is 67.2 Å². The van der Waals surface area contributed by atoms with Crippen molar-refractivity contribution in [2.75, 3.05) is 0 Å². The van der Waals surface area contributed by atoms with E-state index in [1.807, 2.05) is 11.5 Å². The van der Waals surface area contributed by atoms with Crippen molar-refractivity contribution in [1.29, 1.82) is 0 Å². The number of nitrogens with one attached hydrogen (secondary N) is 1. The van der Waals surface area contributed by atoms with E-state index in [1.54, 1.807) is 0 Å². The van der Waals surface area contributed by atoms with Crippen molar-refractivity contribution in [1.82, 2.24) is 15.0 Å².